The third-order valence-electron chi connectivity index (χ3n) is 0. The summed E-state index contributed by atoms with van der Waals surface area (Å²) in [5.41, 5.74) is 9.22. The predicted octanol–water partition coefficient (Wildman–Crippen LogP) is 0.400. The van der Waals surface area contributed by atoms with E-state index in [1.54, 1.807) is 0 Å². The summed E-state index contributed by atoms with van der Waals surface area (Å²) in [6.45, 7) is 6.28. The summed E-state index contributed by atoms with van der Waals surface area (Å²) in [6.07, 6.45) is 0.667. The molecule has 0 aliphatic rings. The van der Waals surface area contributed by atoms with E-state index < -0.39 is 6.16 Å². The number of nitrogens with two attached hydrogens (primary N) is 2. The van der Waals surface area contributed by atoms with Crippen LogP contribution in [0.5, 0.6) is 0 Å². The zero-order valence-corrected chi connectivity index (χ0v) is 5.53. The minimum Gasteiger partial charge on any atom is -0.450 e. The smallest absolute Gasteiger partial charge is 0.450 e. The average Bonchev–Trinajstić information content (AvgIpc) is 1.65. The van der Waals surface area contributed by atoms with Crippen molar-refractivity contribution in [3.05, 3.63) is 25.6 Å². The molecule has 0 aliphatic carbocycles. The summed E-state index contributed by atoms with van der Waals surface area (Å²) >= 11 is 0. The highest BCUT2D eigenvalue weighted by Gasteiger charge is 1.70. The summed E-state index contributed by atoms with van der Waals surface area (Å²) in [5, 5.41) is 13.9. The van der Waals surface area contributed by atoms with Gasteiger partial charge in [0.25, 0.3) is 0 Å². The van der Waals surface area contributed by atoms with E-state index >= 15 is 0 Å². The molecule has 0 fully saturated rings. The van der Waals surface area contributed by atoms with Gasteiger partial charge in [-0.25, -0.2) is 4.79 Å². The van der Waals surface area contributed by atoms with Crippen LogP contribution in [0.15, 0.2) is 25.6 Å². The van der Waals surface area contributed by atoms with E-state index in [4.69, 9.17) is 15.0 Å². The van der Waals surface area contributed by atoms with Crippen molar-refractivity contribution in [3.8, 4) is 0 Å². The summed E-state index contributed by atoms with van der Waals surface area (Å²) in [4.78, 5) is 8.56. The third kappa shape index (κ3) is 66.8. The number of hydrogen-bond acceptors (Lipinski definition) is 3. The summed E-state index contributed by atoms with van der Waals surface area (Å²) < 4.78 is 0. The topological polar surface area (TPSA) is 110 Å². The Morgan fingerprint density at radius 3 is 1.20 bits per heavy atom. The van der Waals surface area contributed by atoms with Crippen molar-refractivity contribution in [2.45, 2.75) is 0 Å². The Labute approximate surface area is 59.3 Å². The molecule has 60 valence electrons. The van der Waals surface area contributed by atoms with Crippen LogP contribution in [0.3, 0.4) is 0 Å². The van der Waals surface area contributed by atoms with E-state index in [1.807, 2.05) is 0 Å². The lowest BCUT2D eigenvalue weighted by atomic mass is 11.1. The molecule has 0 aromatic heterocycles. The summed E-state index contributed by atoms with van der Waals surface area (Å²) in [6, 6.07) is 0. The van der Waals surface area contributed by atoms with Crippen molar-refractivity contribution in [2.75, 3.05) is 0 Å². The molecule has 5 heteroatoms. The van der Waals surface area contributed by atoms with Gasteiger partial charge < -0.3 is 21.7 Å². The highest BCUT2D eigenvalue weighted by atomic mass is 16.6. The first kappa shape index (κ1) is 15.8. The van der Waals surface area contributed by atoms with Crippen molar-refractivity contribution >= 4 is 6.16 Å². The fourth-order valence-corrected chi connectivity index (χ4v) is 0. The largest absolute Gasteiger partial charge is 0.503 e. The standard InChI is InChI=1S/2C2H5N.CH2O3/c2*1-2-3;2-1(3)4/h2*2H,1,3H2;(H2,2,3,4). The fraction of sp³-hybridized carbons (Fsp3) is 0. The van der Waals surface area contributed by atoms with Crippen molar-refractivity contribution in [2.24, 2.45) is 11.5 Å². The van der Waals surface area contributed by atoms with Crippen LogP contribution in [0.4, 0.5) is 4.79 Å². The zero-order valence-electron chi connectivity index (χ0n) is 5.53. The molecule has 0 rings (SSSR count). The first-order chi connectivity index (χ1) is 4.56. The summed E-state index contributed by atoms with van der Waals surface area (Å²) in [7, 11) is 0. The van der Waals surface area contributed by atoms with Crippen LogP contribution in [0.2, 0.25) is 0 Å². The Morgan fingerprint density at radius 2 is 1.20 bits per heavy atom. The van der Waals surface area contributed by atoms with Crippen LogP contribution in [0.25, 0.3) is 0 Å². The highest BCUT2D eigenvalue weighted by molar-refractivity contribution is 5.53. The van der Waals surface area contributed by atoms with Gasteiger partial charge in [0, 0.05) is 0 Å². The van der Waals surface area contributed by atoms with Gasteiger partial charge in [0.2, 0.25) is 0 Å². The first-order valence-electron chi connectivity index (χ1n) is 2.13. The van der Waals surface area contributed by atoms with Gasteiger partial charge in [-0.05, 0) is 12.4 Å². The van der Waals surface area contributed by atoms with E-state index in [-0.39, 0.29) is 0 Å². The molecular formula is C5H12N2O3. The maximum atomic E-state index is 8.56. The third-order valence-corrected chi connectivity index (χ3v) is 0. The number of carboxylic acid groups (broad SMARTS) is 2. The minimum absolute atomic E-state index is 1.25. The van der Waals surface area contributed by atoms with Crippen LogP contribution < -0.4 is 11.5 Å². The molecule has 0 unspecified atom stereocenters. The van der Waals surface area contributed by atoms with Crippen LogP contribution in [-0.4, -0.2) is 16.4 Å². The van der Waals surface area contributed by atoms with Gasteiger partial charge in [0.1, 0.15) is 0 Å². The second-order valence-electron chi connectivity index (χ2n) is 0.754. The molecule has 5 nitrogen and oxygen atoms in total. The highest BCUT2D eigenvalue weighted by Crippen LogP contribution is 1.42. The lowest BCUT2D eigenvalue weighted by molar-refractivity contribution is 0.137. The fourth-order valence-electron chi connectivity index (χ4n) is 0. The Kier molecular flexibility index (Phi) is 41.6. The number of rotatable bonds is 0. The molecule has 6 N–H and O–H groups in total. The molecular weight excluding hydrogens is 136 g/mol. The maximum absolute atomic E-state index is 8.56. The molecule has 0 saturated heterocycles. The molecule has 0 saturated carbocycles. The molecule has 0 aliphatic heterocycles. The van der Waals surface area contributed by atoms with Crippen LogP contribution in [0.1, 0.15) is 0 Å². The molecule has 0 radical (unpaired) electrons. The zero-order chi connectivity index (χ0) is 8.99. The Bertz CT molecular complexity index is 82.9. The second-order valence-corrected chi connectivity index (χ2v) is 0.754. The Hall–Kier alpha value is -1.65. The SMILES string of the molecule is C=CN.C=CN.O=C(O)O. The van der Waals surface area contributed by atoms with Crippen LogP contribution in [0, 0.1) is 0 Å². The van der Waals surface area contributed by atoms with Crippen molar-refractivity contribution in [1.29, 1.82) is 0 Å². The van der Waals surface area contributed by atoms with Gasteiger partial charge in [0.15, 0.2) is 0 Å². The maximum Gasteiger partial charge on any atom is 0.503 e. The van der Waals surface area contributed by atoms with Gasteiger partial charge in [-0.1, -0.05) is 13.2 Å². The van der Waals surface area contributed by atoms with E-state index in [9.17, 15) is 0 Å². The first-order valence-corrected chi connectivity index (χ1v) is 2.13. The van der Waals surface area contributed by atoms with Gasteiger partial charge in [0.05, 0.1) is 0 Å². The summed E-state index contributed by atoms with van der Waals surface area (Å²) in [5.74, 6) is 0. The van der Waals surface area contributed by atoms with Crippen LogP contribution in [-0.2, 0) is 0 Å². The van der Waals surface area contributed by atoms with Crippen molar-refractivity contribution in [1.82, 2.24) is 0 Å². The monoisotopic (exact) mass is 148 g/mol. The molecule has 0 atom stereocenters. The minimum atomic E-state index is -1.83. The van der Waals surface area contributed by atoms with Crippen molar-refractivity contribution < 1.29 is 15.0 Å². The molecule has 0 bridgehead atoms. The second kappa shape index (κ2) is 26.4. The van der Waals surface area contributed by atoms with Gasteiger partial charge in [-0.3, -0.25) is 0 Å². The Morgan fingerprint density at radius 1 is 1.20 bits per heavy atom. The number of carbonyl (C=O) groups is 1. The molecule has 0 spiro atoms. The van der Waals surface area contributed by atoms with Gasteiger partial charge >= 0.3 is 6.16 Å². The quantitative estimate of drug-likeness (QED) is 0.397. The van der Waals surface area contributed by atoms with E-state index in [1.165, 1.54) is 12.4 Å². The van der Waals surface area contributed by atoms with Crippen molar-refractivity contribution in [3.63, 3.8) is 0 Å². The normalized spacial score (nSPS) is 4.80. The lowest BCUT2D eigenvalue weighted by Gasteiger charge is -1.60. The number of hydrogen-bond donors (Lipinski definition) is 4. The van der Waals surface area contributed by atoms with Gasteiger partial charge in [-0.2, -0.15) is 0 Å². The molecule has 0 heterocycles. The van der Waals surface area contributed by atoms with E-state index in [2.05, 4.69) is 24.6 Å². The molecule has 0 aromatic rings. The lowest BCUT2D eigenvalue weighted by Crippen LogP contribution is -1.81. The van der Waals surface area contributed by atoms with E-state index in [0.29, 0.717) is 0 Å². The molecule has 0 amide bonds. The van der Waals surface area contributed by atoms with Gasteiger partial charge in [-0.15, -0.1) is 0 Å². The average molecular weight is 148 g/mol. The van der Waals surface area contributed by atoms with Crippen LogP contribution >= 0.6 is 0 Å². The Balaban J connectivity index is -0.0000000750. The predicted molar refractivity (Wildman–Crippen MR) is 39.4 cm³/mol. The molecule has 0 aromatic carbocycles. The molecule has 10 heavy (non-hydrogen) atoms. The van der Waals surface area contributed by atoms with E-state index in [0.717, 1.165) is 0 Å².